The van der Waals surface area contributed by atoms with Crippen molar-refractivity contribution < 1.29 is 18.3 Å². The maximum absolute atomic E-state index is 11.6. The quantitative estimate of drug-likeness (QED) is 0.468. The molecule has 0 aliphatic carbocycles. The van der Waals surface area contributed by atoms with Crippen molar-refractivity contribution in [2.75, 3.05) is 13.2 Å². The van der Waals surface area contributed by atoms with E-state index in [-0.39, 0.29) is 5.63 Å². The number of benzene rings is 2. The monoisotopic (exact) mass is 348 g/mol. The summed E-state index contributed by atoms with van der Waals surface area (Å²) in [6, 6.07) is 11.2. The first-order valence-electron chi connectivity index (χ1n) is 8.55. The summed E-state index contributed by atoms with van der Waals surface area (Å²) in [4.78, 5) is 11.6. The summed E-state index contributed by atoms with van der Waals surface area (Å²) in [6.07, 6.45) is 2.59. The van der Waals surface area contributed by atoms with Gasteiger partial charge in [0.15, 0.2) is 11.5 Å². The molecule has 2 aromatic heterocycles. The fourth-order valence-electron chi connectivity index (χ4n) is 3.39. The predicted octanol–water partition coefficient (Wildman–Crippen LogP) is 4.68. The lowest BCUT2D eigenvalue weighted by Gasteiger charge is -2.09. The maximum Gasteiger partial charge on any atom is 0.336 e. The third kappa shape index (κ3) is 2.36. The van der Waals surface area contributed by atoms with Crippen molar-refractivity contribution in [1.29, 1.82) is 0 Å². The van der Waals surface area contributed by atoms with E-state index in [4.69, 9.17) is 18.3 Å². The zero-order valence-corrected chi connectivity index (χ0v) is 14.2. The van der Waals surface area contributed by atoms with Gasteiger partial charge in [0.2, 0.25) is 0 Å². The molecule has 0 radical (unpaired) electrons. The molecule has 0 saturated heterocycles. The van der Waals surface area contributed by atoms with E-state index in [9.17, 15) is 4.79 Å². The average molecular weight is 348 g/mol. The van der Waals surface area contributed by atoms with Crippen LogP contribution in [0.4, 0.5) is 0 Å². The zero-order chi connectivity index (χ0) is 17.7. The molecule has 0 saturated carbocycles. The van der Waals surface area contributed by atoms with E-state index >= 15 is 0 Å². The van der Waals surface area contributed by atoms with E-state index in [1.165, 1.54) is 6.07 Å². The van der Waals surface area contributed by atoms with Crippen molar-refractivity contribution in [3.63, 3.8) is 0 Å². The Morgan fingerprint density at radius 3 is 2.62 bits per heavy atom. The van der Waals surface area contributed by atoms with E-state index in [0.29, 0.717) is 24.4 Å². The number of fused-ring (bicyclic) bond motifs is 3. The van der Waals surface area contributed by atoms with Crippen LogP contribution in [0.5, 0.6) is 11.5 Å². The molecule has 0 fully saturated rings. The van der Waals surface area contributed by atoms with Gasteiger partial charge >= 0.3 is 5.63 Å². The first kappa shape index (κ1) is 15.1. The number of hydrogen-bond acceptors (Lipinski definition) is 5. The van der Waals surface area contributed by atoms with Crippen LogP contribution in [0.15, 0.2) is 56.3 Å². The van der Waals surface area contributed by atoms with Crippen LogP contribution in [0.1, 0.15) is 12.0 Å². The Morgan fingerprint density at radius 2 is 1.73 bits per heavy atom. The summed E-state index contributed by atoms with van der Waals surface area (Å²) < 4.78 is 22.5. The smallest absolute Gasteiger partial charge is 0.336 e. The molecule has 4 aromatic rings. The molecule has 0 spiro atoms. The van der Waals surface area contributed by atoms with E-state index < -0.39 is 0 Å². The van der Waals surface area contributed by atoms with Crippen LogP contribution in [0, 0.1) is 6.92 Å². The molecular formula is C21H16O5. The molecule has 0 amide bonds. The van der Waals surface area contributed by atoms with Crippen molar-refractivity contribution in [2.45, 2.75) is 13.3 Å². The van der Waals surface area contributed by atoms with Crippen LogP contribution in [0.25, 0.3) is 33.1 Å². The summed E-state index contributed by atoms with van der Waals surface area (Å²) in [6.45, 7) is 3.21. The molecule has 130 valence electrons. The Kier molecular flexibility index (Phi) is 3.28. The molecule has 5 heteroatoms. The van der Waals surface area contributed by atoms with Gasteiger partial charge in [-0.05, 0) is 36.2 Å². The van der Waals surface area contributed by atoms with Gasteiger partial charge in [0.25, 0.3) is 0 Å². The van der Waals surface area contributed by atoms with Gasteiger partial charge in [0, 0.05) is 34.9 Å². The second-order valence-corrected chi connectivity index (χ2v) is 6.45. The van der Waals surface area contributed by atoms with Crippen molar-refractivity contribution in [1.82, 2.24) is 0 Å². The highest BCUT2D eigenvalue weighted by molar-refractivity contribution is 6.02. The Bertz CT molecular complexity index is 1200. The van der Waals surface area contributed by atoms with Crippen LogP contribution in [-0.4, -0.2) is 13.2 Å². The van der Waals surface area contributed by atoms with E-state index in [1.54, 1.807) is 12.3 Å². The lowest BCUT2D eigenvalue weighted by molar-refractivity contribution is 0.297. The lowest BCUT2D eigenvalue weighted by atomic mass is 10.0. The van der Waals surface area contributed by atoms with Gasteiger partial charge in [0.05, 0.1) is 19.5 Å². The summed E-state index contributed by atoms with van der Waals surface area (Å²) in [5.74, 6) is 1.51. The first-order chi connectivity index (χ1) is 12.7. The highest BCUT2D eigenvalue weighted by atomic mass is 16.5. The van der Waals surface area contributed by atoms with Crippen LogP contribution in [0.2, 0.25) is 0 Å². The fourth-order valence-corrected chi connectivity index (χ4v) is 3.39. The zero-order valence-electron chi connectivity index (χ0n) is 14.2. The van der Waals surface area contributed by atoms with Crippen molar-refractivity contribution in [2.24, 2.45) is 0 Å². The van der Waals surface area contributed by atoms with Gasteiger partial charge in [-0.1, -0.05) is 6.07 Å². The summed E-state index contributed by atoms with van der Waals surface area (Å²) in [5.41, 5.74) is 3.67. The minimum Gasteiger partial charge on any atom is -0.490 e. The Labute approximate surface area is 148 Å². The predicted molar refractivity (Wildman–Crippen MR) is 98.0 cm³/mol. The highest BCUT2D eigenvalue weighted by Crippen LogP contribution is 2.38. The van der Waals surface area contributed by atoms with Crippen molar-refractivity contribution in [3.8, 4) is 22.6 Å². The standard InChI is InChI=1S/C21H16O5/c1-12-7-21(22)26-19-10-18-15(9-14(12)19)16(11-25-18)13-3-4-17-20(8-13)24-6-2-5-23-17/h3-4,7-11H,2,5-6H2,1H3. The molecule has 2 aromatic carbocycles. The molecule has 0 bridgehead atoms. The van der Waals surface area contributed by atoms with Crippen LogP contribution in [0.3, 0.4) is 0 Å². The summed E-state index contributed by atoms with van der Waals surface area (Å²) in [7, 11) is 0. The minimum absolute atomic E-state index is 0.357. The fraction of sp³-hybridized carbons (Fsp3) is 0.190. The molecule has 1 aliphatic rings. The Hall–Kier alpha value is -3.21. The third-order valence-electron chi connectivity index (χ3n) is 4.70. The van der Waals surface area contributed by atoms with Gasteiger partial charge in [-0.2, -0.15) is 0 Å². The minimum atomic E-state index is -0.357. The Balaban J connectivity index is 1.71. The lowest BCUT2D eigenvalue weighted by Crippen LogP contribution is -1.97. The van der Waals surface area contributed by atoms with E-state index in [2.05, 4.69) is 0 Å². The molecule has 3 heterocycles. The molecule has 5 nitrogen and oxygen atoms in total. The molecule has 26 heavy (non-hydrogen) atoms. The van der Waals surface area contributed by atoms with Crippen LogP contribution < -0.4 is 15.1 Å². The topological polar surface area (TPSA) is 61.8 Å². The largest absolute Gasteiger partial charge is 0.490 e. The number of rotatable bonds is 1. The maximum atomic E-state index is 11.6. The molecule has 1 aliphatic heterocycles. The van der Waals surface area contributed by atoms with Crippen LogP contribution in [-0.2, 0) is 0 Å². The second kappa shape index (κ2) is 5.66. The normalized spacial score (nSPS) is 13.9. The first-order valence-corrected chi connectivity index (χ1v) is 8.55. The Morgan fingerprint density at radius 1 is 0.885 bits per heavy atom. The number of hydrogen-bond donors (Lipinski definition) is 0. The second-order valence-electron chi connectivity index (χ2n) is 6.45. The molecule has 0 unspecified atom stereocenters. The van der Waals surface area contributed by atoms with E-state index in [0.717, 1.165) is 45.4 Å². The van der Waals surface area contributed by atoms with Gasteiger partial charge < -0.3 is 18.3 Å². The van der Waals surface area contributed by atoms with Crippen molar-refractivity contribution in [3.05, 3.63) is 58.6 Å². The van der Waals surface area contributed by atoms with Gasteiger partial charge in [-0.15, -0.1) is 0 Å². The number of aryl methyl sites for hydroxylation is 1. The van der Waals surface area contributed by atoms with Gasteiger partial charge in [-0.3, -0.25) is 0 Å². The molecule has 0 atom stereocenters. The molecular weight excluding hydrogens is 332 g/mol. The molecule has 0 N–H and O–H groups in total. The third-order valence-corrected chi connectivity index (χ3v) is 4.70. The van der Waals surface area contributed by atoms with Gasteiger partial charge in [-0.25, -0.2) is 4.79 Å². The van der Waals surface area contributed by atoms with Crippen LogP contribution >= 0.6 is 0 Å². The SMILES string of the molecule is Cc1cc(=O)oc2cc3occ(-c4ccc5c(c4)OCCCO5)c3cc12. The van der Waals surface area contributed by atoms with E-state index in [1.807, 2.05) is 31.2 Å². The molecule has 5 rings (SSSR count). The highest BCUT2D eigenvalue weighted by Gasteiger charge is 2.16. The number of furan rings is 1. The van der Waals surface area contributed by atoms with Crippen molar-refractivity contribution >= 4 is 21.9 Å². The number of ether oxygens (including phenoxy) is 2. The van der Waals surface area contributed by atoms with Gasteiger partial charge in [0.1, 0.15) is 11.2 Å². The average Bonchev–Trinajstić information content (AvgIpc) is 2.88. The summed E-state index contributed by atoms with van der Waals surface area (Å²) >= 11 is 0. The summed E-state index contributed by atoms with van der Waals surface area (Å²) in [5, 5.41) is 1.86.